The Morgan fingerprint density at radius 3 is 2.83 bits per heavy atom. The third-order valence-electron chi connectivity index (χ3n) is 4.58. The van der Waals surface area contributed by atoms with Crippen LogP contribution in [0.1, 0.15) is 33.6 Å². The van der Waals surface area contributed by atoms with E-state index in [0.717, 1.165) is 41.6 Å². The summed E-state index contributed by atoms with van der Waals surface area (Å²) in [5.74, 6) is 1.38. The number of aryl methyl sites for hydroxylation is 1. The van der Waals surface area contributed by atoms with Gasteiger partial charge in [0.1, 0.15) is 0 Å². The van der Waals surface area contributed by atoms with Crippen LogP contribution in [0, 0.1) is 5.92 Å². The van der Waals surface area contributed by atoms with Crippen molar-refractivity contribution < 1.29 is 4.74 Å². The molecule has 29 heavy (non-hydrogen) atoms. The van der Waals surface area contributed by atoms with Crippen LogP contribution in [-0.4, -0.2) is 31.1 Å². The highest BCUT2D eigenvalue weighted by molar-refractivity contribution is 5.83. The molecule has 4 rings (SSSR count). The number of nitrogens with one attached hydrogen (secondary N) is 1. The van der Waals surface area contributed by atoms with E-state index in [0.29, 0.717) is 29.9 Å². The first-order valence-corrected chi connectivity index (χ1v) is 10.1. The second-order valence-corrected chi connectivity index (χ2v) is 7.56. The molecule has 0 aliphatic rings. The average molecular weight is 390 g/mol. The van der Waals surface area contributed by atoms with E-state index in [9.17, 15) is 0 Å². The number of rotatable bonds is 8. The Balaban J connectivity index is 1.71. The predicted octanol–water partition coefficient (Wildman–Crippen LogP) is 4.95. The van der Waals surface area contributed by atoms with Gasteiger partial charge in [-0.05, 0) is 24.5 Å². The van der Waals surface area contributed by atoms with Crippen LogP contribution >= 0.6 is 0 Å². The molecule has 3 aromatic heterocycles. The second-order valence-electron chi connectivity index (χ2n) is 7.56. The maximum absolute atomic E-state index is 5.96. The molecule has 4 aromatic rings. The summed E-state index contributed by atoms with van der Waals surface area (Å²) >= 11 is 0. The Hall–Kier alpha value is -3.22. The highest BCUT2D eigenvalue weighted by atomic mass is 16.5. The molecule has 1 aromatic carbocycles. The van der Waals surface area contributed by atoms with E-state index in [1.54, 1.807) is 6.20 Å². The molecule has 0 radical (unpaired) electrons. The van der Waals surface area contributed by atoms with Gasteiger partial charge < -0.3 is 14.6 Å². The fourth-order valence-corrected chi connectivity index (χ4v) is 3.08. The number of ether oxygens (including phenoxy) is 1. The van der Waals surface area contributed by atoms with Gasteiger partial charge in [0, 0.05) is 11.9 Å². The first-order chi connectivity index (χ1) is 14.1. The van der Waals surface area contributed by atoms with Gasteiger partial charge in [0.25, 0.3) is 0 Å². The summed E-state index contributed by atoms with van der Waals surface area (Å²) in [6, 6.07) is 10.1. The lowest BCUT2D eigenvalue weighted by Crippen LogP contribution is -2.08. The molecule has 0 atom stereocenters. The third kappa shape index (κ3) is 4.29. The number of imidazole rings is 1. The molecule has 7 heteroatoms. The molecule has 7 nitrogen and oxygen atoms in total. The Kier molecular flexibility index (Phi) is 5.55. The summed E-state index contributed by atoms with van der Waals surface area (Å²) in [4.78, 5) is 18.3. The minimum atomic E-state index is 0.392. The van der Waals surface area contributed by atoms with Crippen molar-refractivity contribution in [2.45, 2.75) is 40.2 Å². The van der Waals surface area contributed by atoms with Gasteiger partial charge in [-0.3, -0.25) is 4.98 Å². The number of nitrogens with zero attached hydrogens (tertiary/aromatic N) is 5. The van der Waals surface area contributed by atoms with Crippen molar-refractivity contribution in [2.24, 2.45) is 5.92 Å². The number of pyridine rings is 1. The van der Waals surface area contributed by atoms with Gasteiger partial charge in [-0.2, -0.15) is 9.97 Å². The van der Waals surface area contributed by atoms with E-state index in [1.807, 2.05) is 36.7 Å². The number of para-hydroxylation sites is 1. The zero-order valence-electron chi connectivity index (χ0n) is 17.1. The summed E-state index contributed by atoms with van der Waals surface area (Å²) in [6.45, 7) is 7.83. The molecule has 0 aliphatic heterocycles. The molecule has 0 aliphatic carbocycles. The predicted molar refractivity (Wildman–Crippen MR) is 116 cm³/mol. The fourth-order valence-electron chi connectivity index (χ4n) is 3.08. The van der Waals surface area contributed by atoms with Crippen LogP contribution in [0.5, 0.6) is 5.88 Å². The van der Waals surface area contributed by atoms with Crippen LogP contribution < -0.4 is 10.1 Å². The second kappa shape index (κ2) is 8.43. The normalized spacial score (nSPS) is 11.4. The first-order valence-electron chi connectivity index (χ1n) is 10.1. The van der Waals surface area contributed by atoms with Crippen molar-refractivity contribution in [1.29, 1.82) is 0 Å². The molecule has 0 fully saturated rings. The smallest absolute Gasteiger partial charge is 0.247 e. The highest BCUT2D eigenvalue weighted by Crippen LogP contribution is 2.26. The van der Waals surface area contributed by atoms with Crippen LogP contribution in [0.2, 0.25) is 0 Å². The van der Waals surface area contributed by atoms with E-state index in [1.165, 1.54) is 0 Å². The zero-order valence-corrected chi connectivity index (χ0v) is 17.1. The first kappa shape index (κ1) is 19.1. The quantitative estimate of drug-likeness (QED) is 0.458. The molecule has 0 spiro atoms. The van der Waals surface area contributed by atoms with Gasteiger partial charge in [-0.25, -0.2) is 4.98 Å². The third-order valence-corrected chi connectivity index (χ3v) is 4.58. The fraction of sp³-hybridized carbons (Fsp3) is 0.364. The molecular weight excluding hydrogens is 364 g/mol. The monoisotopic (exact) mass is 390 g/mol. The standard InChI is InChI=1S/C22H26N6O/c1-4-5-10-28-14-24-19-20(28)26-22(27-21(19)29-13-15(2)3)25-17-11-16-8-6-7-9-18(16)23-12-17/h6-9,11-12,14-15H,4-5,10,13H2,1-3H3,(H,25,26,27). The van der Waals surface area contributed by atoms with Gasteiger partial charge in [-0.1, -0.05) is 45.4 Å². The molecule has 150 valence electrons. The lowest BCUT2D eigenvalue weighted by molar-refractivity contribution is 0.264. The molecule has 0 saturated heterocycles. The van der Waals surface area contributed by atoms with Gasteiger partial charge >= 0.3 is 0 Å². The Labute approximate surface area is 170 Å². The lowest BCUT2D eigenvalue weighted by Gasteiger charge is -2.11. The summed E-state index contributed by atoms with van der Waals surface area (Å²) < 4.78 is 8.03. The van der Waals surface area contributed by atoms with Crippen LogP contribution in [0.25, 0.3) is 22.1 Å². The number of fused-ring (bicyclic) bond motifs is 2. The minimum Gasteiger partial charge on any atom is -0.476 e. The largest absolute Gasteiger partial charge is 0.476 e. The summed E-state index contributed by atoms with van der Waals surface area (Å²) in [7, 11) is 0. The van der Waals surface area contributed by atoms with E-state index >= 15 is 0 Å². The number of hydrogen-bond acceptors (Lipinski definition) is 6. The summed E-state index contributed by atoms with van der Waals surface area (Å²) in [5, 5.41) is 4.34. The summed E-state index contributed by atoms with van der Waals surface area (Å²) in [6.07, 6.45) is 5.78. The van der Waals surface area contributed by atoms with Crippen LogP contribution in [0.3, 0.4) is 0 Å². The minimum absolute atomic E-state index is 0.392. The number of hydrogen-bond donors (Lipinski definition) is 1. The van der Waals surface area contributed by atoms with Crippen molar-refractivity contribution in [2.75, 3.05) is 11.9 Å². The highest BCUT2D eigenvalue weighted by Gasteiger charge is 2.15. The Morgan fingerprint density at radius 2 is 2.00 bits per heavy atom. The van der Waals surface area contributed by atoms with Crippen LogP contribution in [0.15, 0.2) is 42.9 Å². The van der Waals surface area contributed by atoms with Crippen molar-refractivity contribution in [3.63, 3.8) is 0 Å². The Morgan fingerprint density at radius 1 is 1.14 bits per heavy atom. The molecule has 0 unspecified atom stereocenters. The zero-order chi connectivity index (χ0) is 20.2. The van der Waals surface area contributed by atoms with Crippen LogP contribution in [-0.2, 0) is 6.54 Å². The van der Waals surface area contributed by atoms with Crippen molar-refractivity contribution in [1.82, 2.24) is 24.5 Å². The number of aromatic nitrogens is 5. The van der Waals surface area contributed by atoms with Gasteiger partial charge in [0.05, 0.1) is 30.3 Å². The molecule has 0 saturated carbocycles. The van der Waals surface area contributed by atoms with Crippen molar-refractivity contribution in [3.05, 3.63) is 42.9 Å². The molecule has 1 N–H and O–H groups in total. The molecule has 3 heterocycles. The lowest BCUT2D eigenvalue weighted by atomic mass is 10.2. The topological polar surface area (TPSA) is 77.8 Å². The number of unbranched alkanes of at least 4 members (excludes halogenated alkanes) is 1. The van der Waals surface area contributed by atoms with Gasteiger partial charge in [0.15, 0.2) is 11.2 Å². The van der Waals surface area contributed by atoms with E-state index in [2.05, 4.69) is 45.6 Å². The maximum atomic E-state index is 5.96. The number of benzene rings is 1. The average Bonchev–Trinajstić information content (AvgIpc) is 3.13. The maximum Gasteiger partial charge on any atom is 0.247 e. The molecule has 0 amide bonds. The summed E-state index contributed by atoms with van der Waals surface area (Å²) in [5.41, 5.74) is 3.26. The van der Waals surface area contributed by atoms with Gasteiger partial charge in [0.2, 0.25) is 11.8 Å². The van der Waals surface area contributed by atoms with E-state index in [-0.39, 0.29) is 0 Å². The van der Waals surface area contributed by atoms with E-state index < -0.39 is 0 Å². The van der Waals surface area contributed by atoms with Crippen LogP contribution in [0.4, 0.5) is 11.6 Å². The van der Waals surface area contributed by atoms with Crippen molar-refractivity contribution >= 4 is 33.7 Å². The molecule has 0 bridgehead atoms. The van der Waals surface area contributed by atoms with Crippen molar-refractivity contribution in [3.8, 4) is 5.88 Å². The van der Waals surface area contributed by atoms with E-state index in [4.69, 9.17) is 9.72 Å². The van der Waals surface area contributed by atoms with Gasteiger partial charge in [-0.15, -0.1) is 0 Å². The Bertz CT molecular complexity index is 1120. The molecular formula is C22H26N6O. The SMILES string of the molecule is CCCCn1cnc2c(OCC(C)C)nc(Nc3cnc4ccccc4c3)nc21. The number of anilines is 2.